The summed E-state index contributed by atoms with van der Waals surface area (Å²) >= 11 is 1.32. The Morgan fingerprint density at radius 3 is 2.74 bits per heavy atom. The first kappa shape index (κ1) is 18.7. The van der Waals surface area contributed by atoms with Crippen molar-refractivity contribution >= 4 is 29.2 Å². The number of hydrogen-bond donors (Lipinski definition) is 3. The van der Waals surface area contributed by atoms with E-state index < -0.39 is 17.3 Å². The Labute approximate surface area is 159 Å². The smallest absolute Gasteiger partial charge is 0.277 e. The molecular weight excluding hydrogens is 367 g/mol. The van der Waals surface area contributed by atoms with Crippen LogP contribution in [-0.2, 0) is 5.75 Å². The fourth-order valence-corrected chi connectivity index (χ4v) is 3.25. The minimum absolute atomic E-state index is 0.129. The Hall–Kier alpha value is -3.13. The van der Waals surface area contributed by atoms with Gasteiger partial charge in [-0.3, -0.25) is 14.6 Å². The number of amides is 1. The van der Waals surface area contributed by atoms with Crippen molar-refractivity contribution in [3.63, 3.8) is 0 Å². The molecule has 0 spiro atoms. The van der Waals surface area contributed by atoms with Crippen LogP contribution in [0, 0.1) is 12.7 Å². The van der Waals surface area contributed by atoms with Crippen LogP contribution in [0.2, 0.25) is 0 Å². The number of aryl methyl sites for hydroxylation is 1. The van der Waals surface area contributed by atoms with Crippen molar-refractivity contribution in [1.82, 2.24) is 9.97 Å². The van der Waals surface area contributed by atoms with Gasteiger partial charge in [-0.05, 0) is 24.6 Å². The lowest BCUT2D eigenvalue weighted by molar-refractivity contribution is 0.102. The molecule has 1 aromatic heterocycles. The first-order valence-electron chi connectivity index (χ1n) is 8.08. The van der Waals surface area contributed by atoms with Crippen LogP contribution in [0.25, 0.3) is 0 Å². The van der Waals surface area contributed by atoms with Crippen LogP contribution in [0.15, 0.2) is 58.5 Å². The SMILES string of the molecule is Cc1cccc(CSc2nc(N)c(NC(=O)c3ccccc3F)c(=O)[nH]2)c1. The topological polar surface area (TPSA) is 101 Å². The first-order valence-corrected chi connectivity index (χ1v) is 9.06. The van der Waals surface area contributed by atoms with Crippen molar-refractivity contribution in [3.05, 3.63) is 81.4 Å². The number of nitrogens with two attached hydrogens (primary N) is 1. The molecule has 0 aliphatic heterocycles. The van der Waals surface area contributed by atoms with E-state index in [4.69, 9.17) is 5.73 Å². The summed E-state index contributed by atoms with van der Waals surface area (Å²) in [6.45, 7) is 2.00. The Bertz CT molecular complexity index is 1050. The van der Waals surface area contributed by atoms with E-state index in [-0.39, 0.29) is 17.1 Å². The first-order chi connectivity index (χ1) is 12.9. The van der Waals surface area contributed by atoms with Gasteiger partial charge in [0.1, 0.15) is 11.5 Å². The summed E-state index contributed by atoms with van der Waals surface area (Å²) in [5, 5.41) is 2.66. The quantitative estimate of drug-likeness (QED) is 0.463. The predicted molar refractivity (Wildman–Crippen MR) is 104 cm³/mol. The largest absolute Gasteiger partial charge is 0.382 e. The summed E-state index contributed by atoms with van der Waals surface area (Å²) in [6, 6.07) is 13.4. The van der Waals surface area contributed by atoms with Gasteiger partial charge in [0.15, 0.2) is 11.0 Å². The number of H-pyrrole nitrogens is 1. The molecule has 8 heteroatoms. The van der Waals surface area contributed by atoms with Gasteiger partial charge in [0.2, 0.25) is 0 Å². The monoisotopic (exact) mass is 384 g/mol. The summed E-state index contributed by atoms with van der Waals surface area (Å²) in [6.07, 6.45) is 0. The van der Waals surface area contributed by atoms with Crippen LogP contribution in [0.5, 0.6) is 0 Å². The molecular formula is C19H17FN4O2S. The number of nitrogen functional groups attached to an aromatic ring is 1. The maximum Gasteiger partial charge on any atom is 0.277 e. The van der Waals surface area contributed by atoms with Crippen LogP contribution in [-0.4, -0.2) is 15.9 Å². The number of hydrogen-bond acceptors (Lipinski definition) is 5. The van der Waals surface area contributed by atoms with Crippen LogP contribution in [0.1, 0.15) is 21.5 Å². The molecule has 2 aromatic carbocycles. The van der Waals surface area contributed by atoms with Crippen molar-refractivity contribution in [1.29, 1.82) is 0 Å². The number of nitrogens with one attached hydrogen (secondary N) is 2. The predicted octanol–water partition coefficient (Wildman–Crippen LogP) is 3.34. The summed E-state index contributed by atoms with van der Waals surface area (Å²) in [5.41, 5.74) is 7.06. The fraction of sp³-hybridized carbons (Fsp3) is 0.105. The number of rotatable bonds is 5. The van der Waals surface area contributed by atoms with Crippen LogP contribution in [0.4, 0.5) is 15.9 Å². The Morgan fingerprint density at radius 1 is 1.26 bits per heavy atom. The molecule has 0 fully saturated rings. The zero-order valence-corrected chi connectivity index (χ0v) is 15.3. The molecule has 0 atom stereocenters. The average Bonchev–Trinajstić information content (AvgIpc) is 2.63. The summed E-state index contributed by atoms with van der Waals surface area (Å²) in [4.78, 5) is 31.2. The van der Waals surface area contributed by atoms with Gasteiger partial charge in [-0.1, -0.05) is 53.7 Å². The highest BCUT2D eigenvalue weighted by molar-refractivity contribution is 7.98. The summed E-state index contributed by atoms with van der Waals surface area (Å²) in [7, 11) is 0. The molecule has 1 heterocycles. The third-order valence-electron chi connectivity index (χ3n) is 3.74. The van der Waals surface area contributed by atoms with Crippen LogP contribution in [0.3, 0.4) is 0 Å². The van der Waals surface area contributed by atoms with Gasteiger partial charge < -0.3 is 11.1 Å². The molecule has 0 radical (unpaired) electrons. The number of thioether (sulfide) groups is 1. The highest BCUT2D eigenvalue weighted by Crippen LogP contribution is 2.22. The van der Waals surface area contributed by atoms with Crippen molar-refractivity contribution in [3.8, 4) is 0 Å². The van der Waals surface area contributed by atoms with Crippen LogP contribution >= 0.6 is 11.8 Å². The van der Waals surface area contributed by atoms with E-state index >= 15 is 0 Å². The molecule has 0 aliphatic rings. The van der Waals surface area contributed by atoms with Gasteiger partial charge in [0.05, 0.1) is 5.56 Å². The van der Waals surface area contributed by atoms with Gasteiger partial charge >= 0.3 is 0 Å². The van der Waals surface area contributed by atoms with Gasteiger partial charge in [0.25, 0.3) is 11.5 Å². The number of carbonyl (C=O) groups is 1. The number of aromatic amines is 1. The second-order valence-corrected chi connectivity index (χ2v) is 6.81. The zero-order chi connectivity index (χ0) is 19.4. The molecule has 0 saturated heterocycles. The van der Waals surface area contributed by atoms with Gasteiger partial charge in [-0.15, -0.1) is 0 Å². The van der Waals surface area contributed by atoms with Crippen molar-refractivity contribution in [2.75, 3.05) is 11.1 Å². The van der Waals surface area contributed by atoms with Gasteiger partial charge in [0, 0.05) is 5.75 Å². The van der Waals surface area contributed by atoms with Crippen molar-refractivity contribution < 1.29 is 9.18 Å². The van der Waals surface area contributed by atoms with E-state index in [0.717, 1.165) is 17.2 Å². The maximum absolute atomic E-state index is 13.7. The van der Waals surface area contributed by atoms with E-state index in [1.807, 2.05) is 31.2 Å². The van der Waals surface area contributed by atoms with E-state index in [1.165, 1.54) is 30.0 Å². The van der Waals surface area contributed by atoms with Gasteiger partial charge in [-0.25, -0.2) is 9.37 Å². The fourth-order valence-electron chi connectivity index (χ4n) is 2.44. The highest BCUT2D eigenvalue weighted by atomic mass is 32.2. The van der Waals surface area contributed by atoms with E-state index in [9.17, 15) is 14.0 Å². The molecule has 138 valence electrons. The lowest BCUT2D eigenvalue weighted by Crippen LogP contribution is -2.23. The molecule has 3 rings (SSSR count). The number of halogens is 1. The Balaban J connectivity index is 1.76. The summed E-state index contributed by atoms with van der Waals surface area (Å²) < 4.78 is 13.7. The average molecular weight is 384 g/mol. The molecule has 0 bridgehead atoms. The zero-order valence-electron chi connectivity index (χ0n) is 14.5. The molecule has 6 nitrogen and oxygen atoms in total. The molecule has 1 amide bonds. The Kier molecular flexibility index (Phi) is 5.56. The number of benzene rings is 2. The molecule has 27 heavy (non-hydrogen) atoms. The van der Waals surface area contributed by atoms with E-state index in [2.05, 4.69) is 15.3 Å². The van der Waals surface area contributed by atoms with Crippen molar-refractivity contribution in [2.45, 2.75) is 17.8 Å². The molecule has 0 aliphatic carbocycles. The van der Waals surface area contributed by atoms with Crippen LogP contribution < -0.4 is 16.6 Å². The summed E-state index contributed by atoms with van der Waals surface area (Å²) in [5.74, 6) is -0.990. The third-order valence-corrected chi connectivity index (χ3v) is 4.69. The lowest BCUT2D eigenvalue weighted by atomic mass is 10.2. The lowest BCUT2D eigenvalue weighted by Gasteiger charge is -2.09. The van der Waals surface area contributed by atoms with Gasteiger partial charge in [-0.2, -0.15) is 0 Å². The number of anilines is 2. The second-order valence-electron chi connectivity index (χ2n) is 5.84. The number of nitrogens with zero attached hydrogens (tertiary/aromatic N) is 1. The molecule has 0 saturated carbocycles. The third kappa shape index (κ3) is 4.53. The van der Waals surface area contributed by atoms with E-state index in [0.29, 0.717) is 10.9 Å². The molecule has 4 N–H and O–H groups in total. The molecule has 0 unspecified atom stereocenters. The van der Waals surface area contributed by atoms with Crippen molar-refractivity contribution in [2.24, 2.45) is 0 Å². The maximum atomic E-state index is 13.7. The number of carbonyl (C=O) groups excluding carboxylic acids is 1. The second kappa shape index (κ2) is 8.05. The minimum Gasteiger partial charge on any atom is -0.382 e. The molecule has 3 aromatic rings. The Morgan fingerprint density at radius 2 is 2.04 bits per heavy atom. The highest BCUT2D eigenvalue weighted by Gasteiger charge is 2.16. The minimum atomic E-state index is -0.771. The van der Waals surface area contributed by atoms with E-state index in [1.54, 1.807) is 0 Å². The number of aromatic nitrogens is 2. The normalized spacial score (nSPS) is 10.6. The standard InChI is InChI=1S/C19H17FN4O2S/c1-11-5-4-6-12(9-11)10-27-19-23-16(21)15(18(26)24-19)22-17(25)13-7-2-3-8-14(13)20/h2-9H,10H2,1H3,(H,22,25)(H3,21,23,24,26).